The van der Waals surface area contributed by atoms with Crippen LogP contribution >= 0.6 is 35.0 Å². The molecule has 27 heavy (non-hydrogen) atoms. The second kappa shape index (κ2) is 8.61. The highest BCUT2D eigenvalue weighted by atomic mass is 35.5. The van der Waals surface area contributed by atoms with E-state index in [1.54, 1.807) is 25.1 Å². The smallest absolute Gasteiger partial charge is 0.252 e. The first-order valence-corrected chi connectivity index (χ1v) is 9.64. The van der Waals surface area contributed by atoms with Crippen molar-refractivity contribution < 1.29 is 4.79 Å². The molecule has 1 amide bonds. The van der Waals surface area contributed by atoms with Crippen molar-refractivity contribution in [3.05, 3.63) is 75.0 Å². The van der Waals surface area contributed by atoms with Crippen molar-refractivity contribution in [1.82, 2.24) is 9.97 Å². The zero-order valence-corrected chi connectivity index (χ0v) is 16.5. The lowest BCUT2D eigenvalue weighted by Crippen LogP contribution is -2.23. The van der Waals surface area contributed by atoms with Crippen LogP contribution in [-0.2, 0) is 4.79 Å². The number of halogens is 2. The van der Waals surface area contributed by atoms with Crippen LogP contribution in [0.5, 0.6) is 0 Å². The molecule has 138 valence electrons. The Labute approximate surface area is 170 Å². The molecule has 2 N–H and O–H groups in total. The Balaban J connectivity index is 1.75. The van der Waals surface area contributed by atoms with Crippen molar-refractivity contribution >= 4 is 46.6 Å². The minimum atomic E-state index is -0.503. The summed E-state index contributed by atoms with van der Waals surface area (Å²) >= 11 is 13.0. The Morgan fingerprint density at radius 3 is 2.44 bits per heavy atom. The molecule has 3 rings (SSSR count). The lowest BCUT2D eigenvalue weighted by Gasteiger charge is -2.12. The number of hydrogen-bond donors (Lipinski definition) is 2. The Bertz CT molecular complexity index is 1000. The van der Waals surface area contributed by atoms with E-state index >= 15 is 0 Å². The van der Waals surface area contributed by atoms with Crippen LogP contribution in [-0.4, -0.2) is 21.1 Å². The largest absolute Gasteiger partial charge is 0.325 e. The van der Waals surface area contributed by atoms with E-state index in [1.165, 1.54) is 6.07 Å². The van der Waals surface area contributed by atoms with Gasteiger partial charge in [0.1, 0.15) is 0 Å². The third-order valence-electron chi connectivity index (χ3n) is 3.58. The van der Waals surface area contributed by atoms with E-state index in [2.05, 4.69) is 15.3 Å². The fourth-order valence-corrected chi connectivity index (χ4v) is 3.68. The fourth-order valence-electron chi connectivity index (χ4n) is 2.34. The van der Waals surface area contributed by atoms with Crippen molar-refractivity contribution in [2.75, 3.05) is 5.32 Å². The summed E-state index contributed by atoms with van der Waals surface area (Å²) in [6.45, 7) is 1.72. The molecule has 5 nitrogen and oxygen atoms in total. The third-order valence-corrected chi connectivity index (χ3v) is 5.00. The standard InChI is InChI=1S/C19H15Cl2N3O2S/c1-11(18(26)22-15-8-13(20)7-14(21)9-15)27-19-23-16(10-17(25)24-19)12-5-3-2-4-6-12/h2-11H,1H3,(H,22,26)(H,23,24,25). The van der Waals surface area contributed by atoms with Crippen molar-refractivity contribution in [2.45, 2.75) is 17.3 Å². The van der Waals surface area contributed by atoms with Gasteiger partial charge in [-0.1, -0.05) is 65.3 Å². The molecule has 1 aromatic heterocycles. The van der Waals surface area contributed by atoms with Crippen LogP contribution in [0.2, 0.25) is 10.0 Å². The van der Waals surface area contributed by atoms with E-state index in [9.17, 15) is 9.59 Å². The highest BCUT2D eigenvalue weighted by Crippen LogP contribution is 2.25. The van der Waals surface area contributed by atoms with E-state index in [0.29, 0.717) is 26.6 Å². The van der Waals surface area contributed by atoms with Crippen molar-refractivity contribution in [1.29, 1.82) is 0 Å². The summed E-state index contributed by atoms with van der Waals surface area (Å²) in [6, 6.07) is 15.6. The molecule has 0 aliphatic carbocycles. The average Bonchev–Trinajstić information content (AvgIpc) is 2.61. The molecular formula is C19H15Cl2N3O2S. The van der Waals surface area contributed by atoms with Gasteiger partial charge in [-0.25, -0.2) is 4.98 Å². The molecule has 0 fully saturated rings. The summed E-state index contributed by atoms with van der Waals surface area (Å²) in [5, 5.41) is 3.48. The zero-order valence-electron chi connectivity index (χ0n) is 14.2. The second-order valence-corrected chi connectivity index (χ2v) is 7.91. The molecule has 3 aromatic rings. The summed E-state index contributed by atoms with van der Waals surface area (Å²) in [5.74, 6) is -0.258. The van der Waals surface area contributed by atoms with E-state index in [4.69, 9.17) is 23.2 Å². The summed E-state index contributed by atoms with van der Waals surface area (Å²) in [6.07, 6.45) is 0. The highest BCUT2D eigenvalue weighted by Gasteiger charge is 2.17. The molecule has 1 unspecified atom stereocenters. The molecule has 0 aliphatic heterocycles. The number of aromatic nitrogens is 2. The number of nitrogens with zero attached hydrogens (tertiary/aromatic N) is 1. The lowest BCUT2D eigenvalue weighted by atomic mass is 10.1. The van der Waals surface area contributed by atoms with Crippen LogP contribution in [0.3, 0.4) is 0 Å². The molecule has 2 aromatic carbocycles. The maximum atomic E-state index is 12.4. The summed E-state index contributed by atoms with van der Waals surface area (Å²) in [5.41, 5.74) is 1.61. The van der Waals surface area contributed by atoms with Gasteiger partial charge in [-0.05, 0) is 25.1 Å². The predicted molar refractivity (Wildman–Crippen MR) is 111 cm³/mol. The number of amides is 1. The van der Waals surface area contributed by atoms with Crippen molar-refractivity contribution in [3.63, 3.8) is 0 Å². The van der Waals surface area contributed by atoms with Crippen molar-refractivity contribution in [3.8, 4) is 11.3 Å². The maximum Gasteiger partial charge on any atom is 0.252 e. The normalized spacial score (nSPS) is 11.8. The minimum absolute atomic E-state index is 0.258. The fraction of sp³-hybridized carbons (Fsp3) is 0.105. The number of carbonyl (C=O) groups is 1. The van der Waals surface area contributed by atoms with Gasteiger partial charge in [0.05, 0.1) is 10.9 Å². The van der Waals surface area contributed by atoms with Crippen LogP contribution in [0.15, 0.2) is 64.5 Å². The van der Waals surface area contributed by atoms with Crippen LogP contribution in [0.1, 0.15) is 6.92 Å². The summed E-state index contributed by atoms with van der Waals surface area (Å²) in [4.78, 5) is 31.5. The van der Waals surface area contributed by atoms with Gasteiger partial charge in [0.2, 0.25) is 5.91 Å². The Kier molecular flexibility index (Phi) is 6.21. The lowest BCUT2D eigenvalue weighted by molar-refractivity contribution is -0.115. The monoisotopic (exact) mass is 419 g/mol. The molecule has 0 aliphatic rings. The Morgan fingerprint density at radius 1 is 1.11 bits per heavy atom. The zero-order chi connectivity index (χ0) is 19.4. The number of anilines is 1. The van der Waals surface area contributed by atoms with Gasteiger partial charge in [0.15, 0.2) is 5.16 Å². The third kappa shape index (κ3) is 5.35. The molecule has 0 saturated carbocycles. The summed E-state index contributed by atoms with van der Waals surface area (Å²) < 4.78 is 0. The molecule has 0 radical (unpaired) electrons. The van der Waals surface area contributed by atoms with Crippen LogP contribution in [0.25, 0.3) is 11.3 Å². The van der Waals surface area contributed by atoms with Crippen LogP contribution < -0.4 is 10.9 Å². The van der Waals surface area contributed by atoms with E-state index in [-0.39, 0.29) is 11.5 Å². The van der Waals surface area contributed by atoms with Gasteiger partial charge < -0.3 is 10.3 Å². The molecular weight excluding hydrogens is 405 g/mol. The first-order valence-electron chi connectivity index (χ1n) is 8.01. The number of nitrogens with one attached hydrogen (secondary N) is 2. The highest BCUT2D eigenvalue weighted by molar-refractivity contribution is 8.00. The number of thioether (sulfide) groups is 1. The number of carbonyl (C=O) groups excluding carboxylic acids is 1. The van der Waals surface area contributed by atoms with Gasteiger partial charge in [0, 0.05) is 27.4 Å². The molecule has 0 bridgehead atoms. The molecule has 1 atom stereocenters. The van der Waals surface area contributed by atoms with Crippen LogP contribution in [0, 0.1) is 0 Å². The van der Waals surface area contributed by atoms with E-state index in [0.717, 1.165) is 17.3 Å². The molecule has 1 heterocycles. The van der Waals surface area contributed by atoms with Gasteiger partial charge in [0.25, 0.3) is 5.56 Å². The summed E-state index contributed by atoms with van der Waals surface area (Å²) in [7, 11) is 0. The van der Waals surface area contributed by atoms with Gasteiger partial charge in [-0.3, -0.25) is 9.59 Å². The van der Waals surface area contributed by atoms with Crippen molar-refractivity contribution in [2.24, 2.45) is 0 Å². The Hall–Kier alpha value is -2.28. The minimum Gasteiger partial charge on any atom is -0.325 e. The topological polar surface area (TPSA) is 74.8 Å². The second-order valence-electron chi connectivity index (χ2n) is 5.71. The maximum absolute atomic E-state index is 12.4. The van der Waals surface area contributed by atoms with E-state index in [1.807, 2.05) is 30.3 Å². The number of hydrogen-bond acceptors (Lipinski definition) is 4. The molecule has 0 saturated heterocycles. The molecule has 0 spiro atoms. The van der Waals surface area contributed by atoms with E-state index < -0.39 is 5.25 Å². The van der Waals surface area contributed by atoms with Gasteiger partial charge in [-0.2, -0.15) is 0 Å². The predicted octanol–water partition coefficient (Wildman–Crippen LogP) is 4.86. The van der Waals surface area contributed by atoms with Crippen LogP contribution in [0.4, 0.5) is 5.69 Å². The molecule has 8 heteroatoms. The number of aromatic amines is 1. The number of rotatable bonds is 5. The quantitative estimate of drug-likeness (QED) is 0.457. The number of benzene rings is 2. The average molecular weight is 420 g/mol. The SMILES string of the molecule is CC(Sc1nc(-c2ccccc2)cc(=O)[nH]1)C(=O)Nc1cc(Cl)cc(Cl)c1. The Morgan fingerprint density at radius 2 is 1.78 bits per heavy atom. The first-order chi connectivity index (χ1) is 12.9. The van der Waals surface area contributed by atoms with Gasteiger partial charge >= 0.3 is 0 Å². The first kappa shape index (κ1) is 19.5. The number of H-pyrrole nitrogens is 1. The van der Waals surface area contributed by atoms with Gasteiger partial charge in [-0.15, -0.1) is 0 Å².